The van der Waals surface area contributed by atoms with Crippen molar-refractivity contribution in [3.8, 4) is 11.8 Å². The zero-order valence-corrected chi connectivity index (χ0v) is 21.8. The summed E-state index contributed by atoms with van der Waals surface area (Å²) in [6.07, 6.45) is 2.23. The summed E-state index contributed by atoms with van der Waals surface area (Å²) in [5, 5.41) is 9.46. The normalized spacial score (nSPS) is 25.7. The molecular formula is C29H35N3O5. The Morgan fingerprint density at radius 3 is 2.54 bits per heavy atom. The minimum atomic E-state index is -0.309. The van der Waals surface area contributed by atoms with Gasteiger partial charge in [-0.2, -0.15) is 5.26 Å². The van der Waals surface area contributed by atoms with Crippen LogP contribution in [0.4, 0.5) is 0 Å². The molecule has 196 valence electrons. The van der Waals surface area contributed by atoms with Crippen molar-refractivity contribution < 1.29 is 23.8 Å². The van der Waals surface area contributed by atoms with E-state index in [2.05, 4.69) is 6.07 Å². The predicted octanol–water partition coefficient (Wildman–Crippen LogP) is 3.61. The molecule has 0 unspecified atom stereocenters. The van der Waals surface area contributed by atoms with E-state index in [-0.39, 0.29) is 49.1 Å². The van der Waals surface area contributed by atoms with Crippen LogP contribution in [0.5, 0.6) is 5.75 Å². The lowest BCUT2D eigenvalue weighted by atomic mass is 9.94. The third-order valence-corrected chi connectivity index (χ3v) is 7.35. The number of methoxy groups -OCH3 is 1. The maximum Gasteiger partial charge on any atom is 0.257 e. The van der Waals surface area contributed by atoms with Gasteiger partial charge >= 0.3 is 0 Å². The lowest BCUT2D eigenvalue weighted by molar-refractivity contribution is -0.145. The molecule has 0 aromatic heterocycles. The Labute approximate surface area is 218 Å². The second-order valence-electron chi connectivity index (χ2n) is 9.88. The summed E-state index contributed by atoms with van der Waals surface area (Å²) in [7, 11) is 5.20. The molecule has 0 saturated carbocycles. The van der Waals surface area contributed by atoms with Crippen LogP contribution >= 0.6 is 0 Å². The average Bonchev–Trinajstić information content (AvgIpc) is 2.93. The quantitative estimate of drug-likeness (QED) is 0.619. The molecule has 0 spiro atoms. The summed E-state index contributed by atoms with van der Waals surface area (Å²) in [5.41, 5.74) is 1.68. The van der Waals surface area contributed by atoms with Crippen LogP contribution < -0.4 is 4.74 Å². The molecule has 2 aromatic rings. The van der Waals surface area contributed by atoms with Crippen molar-refractivity contribution >= 4 is 11.8 Å². The molecule has 2 aliphatic heterocycles. The molecule has 2 aromatic carbocycles. The van der Waals surface area contributed by atoms with Gasteiger partial charge < -0.3 is 24.0 Å². The molecule has 2 amide bonds. The number of hydrogen-bond acceptors (Lipinski definition) is 6. The summed E-state index contributed by atoms with van der Waals surface area (Å²) < 4.78 is 18.1. The number of likely N-dealkylation sites (N-methyl/N-ethyl adjacent to an activating group) is 1. The van der Waals surface area contributed by atoms with Crippen LogP contribution in [0.3, 0.4) is 0 Å². The van der Waals surface area contributed by atoms with Crippen molar-refractivity contribution in [1.82, 2.24) is 9.80 Å². The molecule has 0 aliphatic carbocycles. The zero-order valence-electron chi connectivity index (χ0n) is 21.8. The van der Waals surface area contributed by atoms with Crippen LogP contribution in [0.1, 0.15) is 53.1 Å². The molecule has 8 nitrogen and oxygen atoms in total. The maximum absolute atomic E-state index is 13.6. The fraction of sp³-hybridized carbons (Fsp3) is 0.483. The van der Waals surface area contributed by atoms with Crippen molar-refractivity contribution in [2.75, 3.05) is 40.9 Å². The number of carbonyl (C=O) groups excluding carboxylic acids is 2. The van der Waals surface area contributed by atoms with E-state index in [0.717, 1.165) is 24.8 Å². The SMILES string of the molecule is CO[C@@H]1CC[C@@H]2CCN(C)C(=O)C[C@H](c3ccccc3)CN(C)C(=O)c3cc(C#N)ccc3OC[C@H]1O2. The van der Waals surface area contributed by atoms with Gasteiger partial charge in [0.2, 0.25) is 5.91 Å². The van der Waals surface area contributed by atoms with E-state index >= 15 is 0 Å². The number of hydrogen-bond donors (Lipinski definition) is 0. The second-order valence-corrected chi connectivity index (χ2v) is 9.88. The van der Waals surface area contributed by atoms with Gasteiger partial charge in [0.15, 0.2) is 0 Å². The van der Waals surface area contributed by atoms with E-state index in [4.69, 9.17) is 14.2 Å². The molecule has 0 radical (unpaired) electrons. The Bertz CT molecular complexity index is 1130. The summed E-state index contributed by atoms with van der Waals surface area (Å²) >= 11 is 0. The standard InChI is InChI=1S/C29H35N3O5/c1-31-14-13-23-10-12-26(35-3)27(37-23)19-36-25-11-9-20(17-30)15-24(25)29(34)32(2)18-22(16-28(31)33)21-7-5-4-6-8-21/h4-9,11,15,22-23,26-27H,10,12-14,16,18-19H2,1-3H3/t22-,23+,26+,27+/m0/s1. The Kier molecular flexibility index (Phi) is 8.80. The summed E-state index contributed by atoms with van der Waals surface area (Å²) in [6.45, 7) is 1.15. The molecule has 37 heavy (non-hydrogen) atoms. The summed E-state index contributed by atoms with van der Waals surface area (Å²) in [6, 6.07) is 16.8. The third-order valence-electron chi connectivity index (χ3n) is 7.35. The number of fused-ring (bicyclic) bond motifs is 3. The van der Waals surface area contributed by atoms with Crippen molar-refractivity contribution in [1.29, 1.82) is 5.26 Å². The smallest absolute Gasteiger partial charge is 0.257 e. The number of rotatable bonds is 2. The zero-order chi connectivity index (χ0) is 26.4. The first-order valence-corrected chi connectivity index (χ1v) is 12.8. The Morgan fingerprint density at radius 2 is 1.81 bits per heavy atom. The largest absolute Gasteiger partial charge is 0.490 e. The van der Waals surface area contributed by atoms with Crippen LogP contribution in [0.2, 0.25) is 0 Å². The number of benzene rings is 2. The fourth-order valence-electron chi connectivity index (χ4n) is 5.09. The first-order chi connectivity index (χ1) is 17.9. The van der Waals surface area contributed by atoms with Gasteiger partial charge in [-0.05, 0) is 43.0 Å². The van der Waals surface area contributed by atoms with E-state index < -0.39 is 0 Å². The number of amides is 2. The monoisotopic (exact) mass is 505 g/mol. The van der Waals surface area contributed by atoms with Crippen LogP contribution in [0, 0.1) is 11.3 Å². The van der Waals surface area contributed by atoms with E-state index in [9.17, 15) is 14.9 Å². The van der Waals surface area contributed by atoms with Gasteiger partial charge in [0, 0.05) is 46.6 Å². The summed E-state index contributed by atoms with van der Waals surface area (Å²) in [5.74, 6) is -0.0269. The van der Waals surface area contributed by atoms with Gasteiger partial charge in [0.25, 0.3) is 5.91 Å². The Hall–Kier alpha value is -3.41. The average molecular weight is 506 g/mol. The van der Waals surface area contributed by atoms with E-state index in [1.807, 2.05) is 37.4 Å². The molecule has 2 heterocycles. The van der Waals surface area contributed by atoms with Crippen molar-refractivity contribution in [2.45, 2.75) is 49.9 Å². The van der Waals surface area contributed by atoms with Gasteiger partial charge in [-0.15, -0.1) is 0 Å². The topological polar surface area (TPSA) is 92.1 Å². The molecular weight excluding hydrogens is 470 g/mol. The lowest BCUT2D eigenvalue weighted by Gasteiger charge is -2.36. The molecule has 4 atom stereocenters. The first kappa shape index (κ1) is 26.6. The third kappa shape index (κ3) is 6.48. The molecule has 2 aliphatic rings. The lowest BCUT2D eigenvalue weighted by Crippen LogP contribution is -2.44. The van der Waals surface area contributed by atoms with Crippen LogP contribution in [0.15, 0.2) is 48.5 Å². The molecule has 1 saturated heterocycles. The van der Waals surface area contributed by atoms with Gasteiger partial charge in [-0.25, -0.2) is 0 Å². The minimum Gasteiger partial charge on any atom is -0.490 e. The molecule has 2 bridgehead atoms. The Morgan fingerprint density at radius 1 is 1.03 bits per heavy atom. The predicted molar refractivity (Wildman–Crippen MR) is 138 cm³/mol. The Balaban J connectivity index is 1.68. The first-order valence-electron chi connectivity index (χ1n) is 12.8. The number of nitriles is 1. The maximum atomic E-state index is 13.6. The molecule has 8 heteroatoms. The van der Waals surface area contributed by atoms with Gasteiger partial charge in [0.1, 0.15) is 18.5 Å². The minimum absolute atomic E-state index is 0.0127. The van der Waals surface area contributed by atoms with Crippen molar-refractivity contribution in [2.24, 2.45) is 0 Å². The highest BCUT2D eigenvalue weighted by atomic mass is 16.6. The van der Waals surface area contributed by atoms with Crippen LogP contribution in [-0.4, -0.2) is 80.8 Å². The van der Waals surface area contributed by atoms with E-state index in [0.29, 0.717) is 30.0 Å². The summed E-state index contributed by atoms with van der Waals surface area (Å²) in [4.78, 5) is 30.2. The molecule has 4 rings (SSSR count). The van der Waals surface area contributed by atoms with Gasteiger partial charge in [0.05, 0.1) is 29.4 Å². The fourth-order valence-corrected chi connectivity index (χ4v) is 5.09. The van der Waals surface area contributed by atoms with Crippen molar-refractivity contribution in [3.05, 3.63) is 65.2 Å². The van der Waals surface area contributed by atoms with Crippen molar-refractivity contribution in [3.63, 3.8) is 0 Å². The number of nitrogens with zero attached hydrogens (tertiary/aromatic N) is 3. The van der Waals surface area contributed by atoms with E-state index in [1.54, 1.807) is 42.2 Å². The highest BCUT2D eigenvalue weighted by Gasteiger charge is 2.33. The van der Waals surface area contributed by atoms with Crippen LogP contribution in [-0.2, 0) is 14.3 Å². The molecule has 0 N–H and O–H groups in total. The van der Waals surface area contributed by atoms with E-state index in [1.165, 1.54) is 0 Å². The highest BCUT2D eigenvalue weighted by Crippen LogP contribution is 2.29. The van der Waals surface area contributed by atoms with Gasteiger partial charge in [-0.1, -0.05) is 30.3 Å². The second kappa shape index (κ2) is 12.2. The van der Waals surface area contributed by atoms with Crippen LogP contribution in [0.25, 0.3) is 0 Å². The number of carbonyl (C=O) groups is 2. The molecule has 1 fully saturated rings. The van der Waals surface area contributed by atoms with Gasteiger partial charge in [-0.3, -0.25) is 9.59 Å². The number of ether oxygens (including phenoxy) is 3. The highest BCUT2D eigenvalue weighted by molar-refractivity contribution is 5.97.